The van der Waals surface area contributed by atoms with E-state index in [1.54, 1.807) is 49.5 Å². The number of carbonyl (C=O) groups excluding carboxylic acids is 5. The maximum Gasteiger partial charge on any atom is 0.272 e. The van der Waals surface area contributed by atoms with Crippen LogP contribution in [0.5, 0.6) is 0 Å². The number of nitrogens with one attached hydrogen (secondary N) is 4. The lowest BCUT2D eigenvalue weighted by Crippen LogP contribution is -2.53. The van der Waals surface area contributed by atoms with Gasteiger partial charge in [0.1, 0.15) is 12.1 Å². The van der Waals surface area contributed by atoms with E-state index < -0.39 is 11.7 Å². The maximum absolute atomic E-state index is 15.1. The second kappa shape index (κ2) is 30.6. The molecule has 4 fully saturated rings. The van der Waals surface area contributed by atoms with Crippen LogP contribution in [0.4, 0.5) is 4.39 Å². The first kappa shape index (κ1) is 62.2. The monoisotopic (exact) mass is 1170 g/mol. The first-order valence-corrected chi connectivity index (χ1v) is 30.2. The molecule has 1 unspecified atom stereocenters. The maximum atomic E-state index is 15.1. The molecule has 0 radical (unpaired) electrons. The normalized spacial score (nSPS) is 18.4. The summed E-state index contributed by atoms with van der Waals surface area (Å²) in [7, 11) is 1.66. The summed E-state index contributed by atoms with van der Waals surface area (Å²) in [6.07, 6.45) is 10.5. The van der Waals surface area contributed by atoms with Gasteiger partial charge in [-0.1, -0.05) is 49.4 Å². The average molecular weight is 1170 g/mol. The lowest BCUT2D eigenvalue weighted by atomic mass is 9.89. The molecule has 22 heteroatoms. The number of piperidine rings is 2. The number of allylic oxidation sites excluding steroid dienone is 1. The number of hydrazine groups is 1. The molecule has 21 nitrogen and oxygen atoms in total. The SMILES string of the molecule is CC/C=C(\C)C(=O)NNC.O=C(NCCOCCN1CCN(CC2CCN(CC(=O)N3CCN(C(=O)c4cc(Cc5n[nH]c(=O)c6ccccc56)ccc4F)CC3)CC2)CC1)c1cccc(C2CCCN(C(=O)CN3Cc4cncnc4C3)C2)c1. The summed E-state index contributed by atoms with van der Waals surface area (Å²) < 4.78 is 21.0. The summed E-state index contributed by atoms with van der Waals surface area (Å²) in [6, 6.07) is 19.5. The van der Waals surface area contributed by atoms with Crippen molar-refractivity contribution in [2.45, 2.75) is 71.4 Å². The number of hydrogen-bond acceptors (Lipinski definition) is 15. The van der Waals surface area contributed by atoms with Gasteiger partial charge < -0.3 is 29.7 Å². The molecule has 0 aliphatic carbocycles. The van der Waals surface area contributed by atoms with Crippen molar-refractivity contribution in [3.63, 3.8) is 0 Å². The second-order valence-electron chi connectivity index (χ2n) is 22.9. The number of piperazine rings is 2. The van der Waals surface area contributed by atoms with E-state index in [0.29, 0.717) is 119 Å². The molecule has 5 aliphatic heterocycles. The van der Waals surface area contributed by atoms with E-state index in [4.69, 9.17) is 4.74 Å². The Balaban J connectivity index is 0.000000792. The van der Waals surface area contributed by atoms with Gasteiger partial charge >= 0.3 is 0 Å². The number of amides is 5. The molecular weight excluding hydrogens is 1080 g/mol. The summed E-state index contributed by atoms with van der Waals surface area (Å²) in [6.45, 7) is 18.0. The Bertz CT molecular complexity index is 3170. The van der Waals surface area contributed by atoms with Gasteiger partial charge in [-0.15, -0.1) is 0 Å². The third kappa shape index (κ3) is 17.2. The van der Waals surface area contributed by atoms with Crippen LogP contribution in [0.15, 0.2) is 95.7 Å². The number of carbonyl (C=O) groups is 5. The molecule has 0 saturated carbocycles. The number of H-pyrrole nitrogens is 1. The van der Waals surface area contributed by atoms with E-state index in [2.05, 4.69) is 62.0 Å². The van der Waals surface area contributed by atoms with Gasteiger partial charge in [-0.3, -0.25) is 48.9 Å². The number of nitrogens with zero attached hydrogens (tertiary/aromatic N) is 10. The van der Waals surface area contributed by atoms with Gasteiger partial charge in [0.2, 0.25) is 11.8 Å². The van der Waals surface area contributed by atoms with Crippen molar-refractivity contribution in [3.05, 3.63) is 146 Å². The van der Waals surface area contributed by atoms with Crippen LogP contribution in [-0.4, -0.2) is 216 Å². The number of ether oxygens (including phenoxy) is 1. The van der Waals surface area contributed by atoms with Crippen molar-refractivity contribution < 1.29 is 33.1 Å². The average Bonchev–Trinajstić information content (AvgIpc) is 3.95. The van der Waals surface area contributed by atoms with Crippen molar-refractivity contribution in [1.29, 1.82) is 0 Å². The standard InChI is InChI=1S/C56H69FN12O6.C7H14N2O/c57-49-11-10-41(30-50-46-8-1-2-9-47(46)55(73)62-61-50)29-48(49)56(74)68-24-22-67(23-25-68)52(70)37-64-16-12-40(13-17-64)33-65-20-18-63(19-21-65)26-28-75-27-14-59-54(72)43-6-3-5-42(31-43)44-7-4-15-69(35-44)53(71)38-66-34-45-32-58-39-60-51(45)36-66;1-4-5-6(2)7(10)9-8-3/h1-3,5-6,8-11,29,31-32,39-40,44H,4,7,12-28,30,33-38H2,(H,59,72)(H,62,73);5,8H,4H2,1-3H3,(H,9,10)/b;6-5+. The predicted molar refractivity (Wildman–Crippen MR) is 322 cm³/mol. The first-order chi connectivity index (χ1) is 41.3. The molecule has 4 N–H and O–H groups in total. The number of likely N-dealkylation sites (tertiary alicyclic amines) is 2. The van der Waals surface area contributed by atoms with Crippen LogP contribution < -0.4 is 21.7 Å². The van der Waals surface area contributed by atoms with Crippen LogP contribution in [0.3, 0.4) is 0 Å². The largest absolute Gasteiger partial charge is 0.378 e. The predicted octanol–water partition coefficient (Wildman–Crippen LogP) is 3.82. The summed E-state index contributed by atoms with van der Waals surface area (Å²) >= 11 is 0. The molecule has 5 aliphatic rings. The molecule has 7 heterocycles. The van der Waals surface area contributed by atoms with E-state index >= 15 is 4.39 Å². The lowest BCUT2D eigenvalue weighted by molar-refractivity contribution is -0.134. The van der Waals surface area contributed by atoms with Crippen molar-refractivity contribution >= 4 is 40.3 Å². The molecule has 1 atom stereocenters. The highest BCUT2D eigenvalue weighted by Crippen LogP contribution is 2.29. The molecule has 4 saturated heterocycles. The zero-order chi connectivity index (χ0) is 59.7. The van der Waals surface area contributed by atoms with Crippen LogP contribution in [0.2, 0.25) is 0 Å². The van der Waals surface area contributed by atoms with E-state index in [1.165, 1.54) is 6.07 Å². The third-order valence-corrected chi connectivity index (χ3v) is 17.0. The van der Waals surface area contributed by atoms with E-state index in [1.807, 2.05) is 59.3 Å². The fourth-order valence-corrected chi connectivity index (χ4v) is 12.1. The van der Waals surface area contributed by atoms with Gasteiger partial charge in [-0.2, -0.15) is 5.10 Å². The molecule has 0 spiro atoms. The molecule has 3 aromatic carbocycles. The quantitative estimate of drug-likeness (QED) is 0.0494. The number of hydrogen-bond donors (Lipinski definition) is 4. The fourth-order valence-electron chi connectivity index (χ4n) is 12.1. The Morgan fingerprint density at radius 3 is 2.28 bits per heavy atom. The smallest absolute Gasteiger partial charge is 0.272 e. The summed E-state index contributed by atoms with van der Waals surface area (Å²) in [5.74, 6) is -0.199. The Morgan fingerprint density at radius 2 is 1.52 bits per heavy atom. The molecule has 2 aromatic heterocycles. The van der Waals surface area contributed by atoms with Crippen LogP contribution in [0.1, 0.15) is 101 Å². The Kier molecular flexibility index (Phi) is 22.4. The number of aromatic amines is 1. The summed E-state index contributed by atoms with van der Waals surface area (Å²) in [4.78, 5) is 99.9. The Labute approximate surface area is 497 Å². The number of aromatic nitrogens is 4. The number of fused-ring (bicyclic) bond motifs is 2. The van der Waals surface area contributed by atoms with Crippen molar-refractivity contribution in [2.75, 3.05) is 132 Å². The topological polar surface area (TPSA) is 225 Å². The molecule has 5 aromatic rings. The first-order valence-electron chi connectivity index (χ1n) is 30.2. The number of halogens is 1. The molecule has 85 heavy (non-hydrogen) atoms. The van der Waals surface area contributed by atoms with Gasteiger partial charge in [0.05, 0.1) is 48.6 Å². The highest BCUT2D eigenvalue weighted by molar-refractivity contribution is 5.95. The van der Waals surface area contributed by atoms with Gasteiger partial charge in [0.15, 0.2) is 0 Å². The van der Waals surface area contributed by atoms with Crippen molar-refractivity contribution in [1.82, 2.24) is 70.6 Å². The van der Waals surface area contributed by atoms with Crippen LogP contribution in [-0.2, 0) is 38.6 Å². The Hall–Kier alpha value is -7.34. The highest BCUT2D eigenvalue weighted by atomic mass is 19.1. The summed E-state index contributed by atoms with van der Waals surface area (Å²) in [5.41, 5.74) is 10.6. The van der Waals surface area contributed by atoms with Gasteiger partial charge in [0, 0.05) is 146 Å². The molecule has 454 valence electrons. The zero-order valence-electron chi connectivity index (χ0n) is 49.5. The van der Waals surface area contributed by atoms with E-state index in [0.717, 1.165) is 113 Å². The molecular formula is C63H83FN14O7. The highest BCUT2D eigenvalue weighted by Gasteiger charge is 2.32. The van der Waals surface area contributed by atoms with Crippen LogP contribution >= 0.6 is 0 Å². The summed E-state index contributed by atoms with van der Waals surface area (Å²) in [5, 5.41) is 11.0. The van der Waals surface area contributed by atoms with Crippen molar-refractivity contribution in [2.24, 2.45) is 5.92 Å². The van der Waals surface area contributed by atoms with Crippen molar-refractivity contribution in [3.8, 4) is 0 Å². The van der Waals surface area contributed by atoms with Gasteiger partial charge in [0.25, 0.3) is 23.3 Å². The van der Waals surface area contributed by atoms with Crippen LogP contribution in [0.25, 0.3) is 10.8 Å². The third-order valence-electron chi connectivity index (χ3n) is 17.0. The van der Waals surface area contributed by atoms with Gasteiger partial charge in [-0.05, 0) is 99.5 Å². The minimum absolute atomic E-state index is 0.0109. The van der Waals surface area contributed by atoms with Gasteiger partial charge in [-0.25, -0.2) is 24.9 Å². The second-order valence-corrected chi connectivity index (χ2v) is 22.9. The number of rotatable bonds is 20. The number of benzene rings is 3. The Morgan fingerprint density at radius 1 is 0.776 bits per heavy atom. The fraction of sp³-hybridized carbons (Fsp3) is 0.508. The molecule has 10 rings (SSSR count). The molecule has 5 amide bonds. The molecule has 0 bridgehead atoms. The lowest BCUT2D eigenvalue weighted by Gasteiger charge is -2.39. The van der Waals surface area contributed by atoms with E-state index in [-0.39, 0.29) is 40.7 Å². The zero-order valence-corrected chi connectivity index (χ0v) is 49.5. The minimum Gasteiger partial charge on any atom is -0.378 e. The minimum atomic E-state index is -0.595. The van der Waals surface area contributed by atoms with Crippen LogP contribution in [0, 0.1) is 11.7 Å². The van der Waals surface area contributed by atoms with E-state index in [9.17, 15) is 28.8 Å².